The molecular weight excluding hydrogens is 404 g/mol. The predicted molar refractivity (Wildman–Crippen MR) is 116 cm³/mol. The summed E-state index contributed by atoms with van der Waals surface area (Å²) in [5.41, 5.74) is 2.48. The largest absolute Gasteiger partial charge is 0.493 e. The molecule has 8 heteroatoms. The van der Waals surface area contributed by atoms with Crippen LogP contribution in [0.3, 0.4) is 0 Å². The number of piperidine rings is 1. The monoisotopic (exact) mass is 432 g/mol. The number of nitrogens with zero attached hydrogens (tertiary/aromatic N) is 1. The van der Waals surface area contributed by atoms with E-state index in [0.717, 1.165) is 11.1 Å². The molecule has 0 atom stereocenters. The average Bonchev–Trinajstić information content (AvgIpc) is 2.75. The predicted octanol–water partition coefficient (Wildman–Crippen LogP) is 3.19. The first-order chi connectivity index (χ1) is 14.3. The van der Waals surface area contributed by atoms with Crippen molar-refractivity contribution in [1.82, 2.24) is 4.31 Å². The topological polar surface area (TPSA) is 84.9 Å². The van der Waals surface area contributed by atoms with E-state index in [2.05, 4.69) is 5.32 Å². The van der Waals surface area contributed by atoms with Gasteiger partial charge in [-0.25, -0.2) is 12.7 Å². The van der Waals surface area contributed by atoms with Crippen molar-refractivity contribution in [2.45, 2.75) is 25.5 Å². The van der Waals surface area contributed by atoms with E-state index >= 15 is 0 Å². The maximum atomic E-state index is 12.7. The molecule has 0 saturated carbocycles. The molecule has 0 bridgehead atoms. The number of amides is 1. The molecule has 1 aliphatic heterocycles. The SMILES string of the molecule is COc1ccc(NC(=O)C2CCN(S(=O)(=O)Cc3ccc(C)cc3)CC2)cc1OC. The van der Waals surface area contributed by atoms with Crippen molar-refractivity contribution in [3.8, 4) is 11.5 Å². The molecule has 1 heterocycles. The van der Waals surface area contributed by atoms with E-state index in [9.17, 15) is 13.2 Å². The molecule has 2 aromatic rings. The Hall–Kier alpha value is -2.58. The van der Waals surface area contributed by atoms with Gasteiger partial charge in [-0.3, -0.25) is 4.79 Å². The highest BCUT2D eigenvalue weighted by atomic mass is 32.2. The average molecular weight is 433 g/mol. The summed E-state index contributed by atoms with van der Waals surface area (Å²) in [6.07, 6.45) is 0.985. The van der Waals surface area contributed by atoms with Gasteiger partial charge in [-0.2, -0.15) is 0 Å². The van der Waals surface area contributed by atoms with Crippen LogP contribution in [0.1, 0.15) is 24.0 Å². The third-order valence-corrected chi connectivity index (χ3v) is 7.19. The number of carbonyl (C=O) groups is 1. The van der Waals surface area contributed by atoms with Crippen LogP contribution >= 0.6 is 0 Å². The summed E-state index contributed by atoms with van der Waals surface area (Å²) >= 11 is 0. The zero-order chi connectivity index (χ0) is 21.7. The van der Waals surface area contributed by atoms with Crippen LogP contribution in [0.4, 0.5) is 5.69 Å². The maximum absolute atomic E-state index is 12.7. The van der Waals surface area contributed by atoms with E-state index in [1.165, 1.54) is 11.4 Å². The van der Waals surface area contributed by atoms with Crippen LogP contribution in [-0.4, -0.2) is 45.9 Å². The first kappa shape index (κ1) is 22.1. The molecule has 1 saturated heterocycles. The van der Waals surface area contributed by atoms with E-state index in [-0.39, 0.29) is 17.6 Å². The summed E-state index contributed by atoms with van der Waals surface area (Å²) in [7, 11) is -0.312. The summed E-state index contributed by atoms with van der Waals surface area (Å²) in [4.78, 5) is 12.6. The molecule has 162 valence electrons. The van der Waals surface area contributed by atoms with Crippen molar-refractivity contribution in [3.05, 3.63) is 53.6 Å². The van der Waals surface area contributed by atoms with Crippen molar-refractivity contribution in [2.75, 3.05) is 32.6 Å². The van der Waals surface area contributed by atoms with Crippen LogP contribution < -0.4 is 14.8 Å². The molecule has 1 amide bonds. The summed E-state index contributed by atoms with van der Waals surface area (Å²) in [5, 5.41) is 2.89. The third-order valence-electron chi connectivity index (χ3n) is 5.34. The summed E-state index contributed by atoms with van der Waals surface area (Å²) in [6, 6.07) is 12.7. The molecule has 0 spiro atoms. The van der Waals surface area contributed by atoms with E-state index in [4.69, 9.17) is 9.47 Å². The number of anilines is 1. The summed E-state index contributed by atoms with van der Waals surface area (Å²) in [6.45, 7) is 2.66. The molecule has 1 fully saturated rings. The Bertz CT molecular complexity index is 981. The van der Waals surface area contributed by atoms with Crippen molar-refractivity contribution in [1.29, 1.82) is 0 Å². The van der Waals surface area contributed by atoms with Gasteiger partial charge in [-0.05, 0) is 37.5 Å². The summed E-state index contributed by atoms with van der Waals surface area (Å²) < 4.78 is 37.4. The van der Waals surface area contributed by atoms with Gasteiger partial charge in [0.25, 0.3) is 0 Å². The lowest BCUT2D eigenvalue weighted by molar-refractivity contribution is -0.120. The molecule has 0 unspecified atom stereocenters. The lowest BCUT2D eigenvalue weighted by Gasteiger charge is -2.30. The van der Waals surface area contributed by atoms with E-state index in [1.807, 2.05) is 31.2 Å². The Morgan fingerprint density at radius 2 is 1.67 bits per heavy atom. The number of aryl methyl sites for hydroxylation is 1. The standard InChI is InChI=1S/C22H28N2O5S/c1-16-4-6-17(7-5-16)15-30(26,27)24-12-10-18(11-13-24)22(25)23-19-8-9-20(28-2)21(14-19)29-3/h4-9,14,18H,10-13,15H2,1-3H3,(H,23,25). The number of benzene rings is 2. The fourth-order valence-corrected chi connectivity index (χ4v) is 5.10. The van der Waals surface area contributed by atoms with Crippen LogP contribution in [0.5, 0.6) is 11.5 Å². The van der Waals surface area contributed by atoms with E-state index in [0.29, 0.717) is 43.1 Å². The van der Waals surface area contributed by atoms with Crippen LogP contribution in [0.2, 0.25) is 0 Å². The minimum absolute atomic E-state index is 0.0181. The van der Waals surface area contributed by atoms with Crippen molar-refractivity contribution >= 4 is 21.6 Å². The number of ether oxygens (including phenoxy) is 2. The van der Waals surface area contributed by atoms with Gasteiger partial charge in [0.05, 0.1) is 20.0 Å². The second-order valence-corrected chi connectivity index (χ2v) is 9.44. The summed E-state index contributed by atoms with van der Waals surface area (Å²) in [5.74, 6) is 0.757. The fraction of sp³-hybridized carbons (Fsp3) is 0.409. The van der Waals surface area contributed by atoms with Gasteiger partial charge < -0.3 is 14.8 Å². The number of hydrogen-bond donors (Lipinski definition) is 1. The molecule has 3 rings (SSSR count). The molecule has 0 aromatic heterocycles. The number of sulfonamides is 1. The van der Waals surface area contributed by atoms with E-state index < -0.39 is 10.0 Å². The molecule has 0 radical (unpaired) electrons. The maximum Gasteiger partial charge on any atom is 0.227 e. The van der Waals surface area contributed by atoms with Gasteiger partial charge in [0.2, 0.25) is 15.9 Å². The third kappa shape index (κ3) is 5.31. The van der Waals surface area contributed by atoms with Crippen LogP contribution in [0.25, 0.3) is 0 Å². The Balaban J connectivity index is 1.56. The van der Waals surface area contributed by atoms with Crippen molar-refractivity contribution < 1.29 is 22.7 Å². The fourth-order valence-electron chi connectivity index (χ4n) is 3.54. The molecule has 0 aliphatic carbocycles. The minimum atomic E-state index is -3.40. The number of methoxy groups -OCH3 is 2. The molecule has 7 nitrogen and oxygen atoms in total. The second-order valence-electron chi connectivity index (χ2n) is 7.47. The lowest BCUT2D eigenvalue weighted by Crippen LogP contribution is -2.41. The lowest BCUT2D eigenvalue weighted by atomic mass is 9.97. The van der Waals surface area contributed by atoms with E-state index in [1.54, 1.807) is 25.3 Å². The van der Waals surface area contributed by atoms with Crippen LogP contribution in [-0.2, 0) is 20.6 Å². The van der Waals surface area contributed by atoms with Crippen LogP contribution in [0.15, 0.2) is 42.5 Å². The quantitative estimate of drug-likeness (QED) is 0.726. The highest BCUT2D eigenvalue weighted by molar-refractivity contribution is 7.88. The van der Waals surface area contributed by atoms with Crippen molar-refractivity contribution in [2.24, 2.45) is 5.92 Å². The Kier molecular flexibility index (Phi) is 6.99. The Morgan fingerprint density at radius 3 is 2.27 bits per heavy atom. The van der Waals surface area contributed by atoms with Crippen LogP contribution in [0, 0.1) is 12.8 Å². The van der Waals surface area contributed by atoms with Gasteiger partial charge in [-0.15, -0.1) is 0 Å². The number of hydrogen-bond acceptors (Lipinski definition) is 5. The van der Waals surface area contributed by atoms with Gasteiger partial charge in [-0.1, -0.05) is 29.8 Å². The second kappa shape index (κ2) is 9.49. The molecular formula is C22H28N2O5S. The smallest absolute Gasteiger partial charge is 0.227 e. The van der Waals surface area contributed by atoms with Gasteiger partial charge in [0, 0.05) is 30.8 Å². The molecule has 30 heavy (non-hydrogen) atoms. The Labute approximate surface area is 178 Å². The number of carbonyl (C=O) groups excluding carboxylic acids is 1. The minimum Gasteiger partial charge on any atom is -0.493 e. The van der Waals surface area contributed by atoms with Crippen molar-refractivity contribution in [3.63, 3.8) is 0 Å². The first-order valence-corrected chi connectivity index (χ1v) is 11.5. The first-order valence-electron chi connectivity index (χ1n) is 9.88. The Morgan fingerprint density at radius 1 is 1.03 bits per heavy atom. The highest BCUT2D eigenvalue weighted by Crippen LogP contribution is 2.30. The zero-order valence-corrected chi connectivity index (χ0v) is 18.4. The highest BCUT2D eigenvalue weighted by Gasteiger charge is 2.31. The normalized spacial score (nSPS) is 15.6. The number of nitrogens with one attached hydrogen (secondary N) is 1. The molecule has 2 aromatic carbocycles. The number of rotatable bonds is 7. The molecule has 1 N–H and O–H groups in total. The van der Waals surface area contributed by atoms with Gasteiger partial charge >= 0.3 is 0 Å². The van der Waals surface area contributed by atoms with Gasteiger partial charge in [0.1, 0.15) is 0 Å². The zero-order valence-electron chi connectivity index (χ0n) is 17.6. The van der Waals surface area contributed by atoms with Gasteiger partial charge in [0.15, 0.2) is 11.5 Å². The molecule has 1 aliphatic rings.